The monoisotopic (exact) mass is 451 g/mol. The van der Waals surface area contributed by atoms with E-state index < -0.39 is 10.2 Å². The number of carbonyl (C=O) groups is 1. The number of aromatic nitrogens is 1. The molecule has 0 spiro atoms. The highest BCUT2D eigenvalue weighted by atomic mass is 32.2. The van der Waals surface area contributed by atoms with Crippen LogP contribution in [0.15, 0.2) is 10.6 Å². The second-order valence-electron chi connectivity index (χ2n) is 9.86. The standard InChI is InChI=1S/C20H29N5O5S/c21-19-11-3-12(19)8-24(7-11)31(27,28)25-15-1-2-16(25)5-14(4-15)22-20(26)17-6-18(30-23-17)13-9-29-10-13/h6,11-16,19H,1-5,7-10,21H2,(H,22,26)/t11-,12+,14?,15-,16?,19?/m0/s1. The van der Waals surface area contributed by atoms with Crippen molar-refractivity contribution >= 4 is 16.1 Å². The van der Waals surface area contributed by atoms with Gasteiger partial charge in [-0.15, -0.1) is 0 Å². The predicted octanol–water partition coefficient (Wildman–Crippen LogP) is 0.0374. The summed E-state index contributed by atoms with van der Waals surface area (Å²) in [4.78, 5) is 12.7. The van der Waals surface area contributed by atoms with E-state index in [0.29, 0.717) is 56.7 Å². The lowest BCUT2D eigenvalue weighted by molar-refractivity contribution is -0.00228. The zero-order valence-electron chi connectivity index (χ0n) is 17.4. The maximum atomic E-state index is 13.4. The van der Waals surface area contributed by atoms with Crippen LogP contribution in [-0.2, 0) is 14.9 Å². The minimum atomic E-state index is -3.49. The molecular weight excluding hydrogens is 422 g/mol. The van der Waals surface area contributed by atoms with Crippen molar-refractivity contribution in [2.45, 2.75) is 62.2 Å². The molecular formula is C20H29N5O5S. The van der Waals surface area contributed by atoms with Crippen LogP contribution in [0.3, 0.4) is 0 Å². The van der Waals surface area contributed by atoms with E-state index in [4.69, 9.17) is 15.0 Å². The van der Waals surface area contributed by atoms with Gasteiger partial charge in [-0.25, -0.2) is 0 Å². The Bertz CT molecular complexity index is 952. The van der Waals surface area contributed by atoms with E-state index in [0.717, 1.165) is 19.3 Å². The lowest BCUT2D eigenvalue weighted by atomic mass is 9.67. The van der Waals surface area contributed by atoms with Crippen LogP contribution < -0.4 is 11.1 Å². The van der Waals surface area contributed by atoms with Crippen LogP contribution in [0.2, 0.25) is 0 Å². The molecule has 6 atom stereocenters. The summed E-state index contributed by atoms with van der Waals surface area (Å²) in [5.41, 5.74) is 6.40. The summed E-state index contributed by atoms with van der Waals surface area (Å²) >= 11 is 0. The van der Waals surface area contributed by atoms with Gasteiger partial charge in [0.25, 0.3) is 16.1 Å². The number of hydrogen-bond acceptors (Lipinski definition) is 7. The molecule has 6 heterocycles. The SMILES string of the molecule is NC1[C@@H]2C[C@H]1CN(S(=O)(=O)N1C3CC[C@H]1CC(NC(=O)c1cc(C4COC4)on1)C3)C2. The zero-order chi connectivity index (χ0) is 21.3. The molecule has 1 aromatic heterocycles. The Hall–Kier alpha value is -1.53. The van der Waals surface area contributed by atoms with Crippen molar-refractivity contribution in [1.29, 1.82) is 0 Å². The van der Waals surface area contributed by atoms with E-state index in [1.54, 1.807) is 14.7 Å². The van der Waals surface area contributed by atoms with E-state index >= 15 is 0 Å². The zero-order valence-corrected chi connectivity index (χ0v) is 18.2. The van der Waals surface area contributed by atoms with Crippen LogP contribution in [0.4, 0.5) is 0 Å². The summed E-state index contributed by atoms with van der Waals surface area (Å²) in [5.74, 6) is 1.18. The first-order chi connectivity index (χ1) is 14.9. The molecule has 1 amide bonds. The molecule has 5 saturated heterocycles. The van der Waals surface area contributed by atoms with Gasteiger partial charge in [0.1, 0.15) is 5.76 Å². The molecule has 10 nitrogen and oxygen atoms in total. The van der Waals surface area contributed by atoms with Gasteiger partial charge in [0.15, 0.2) is 5.69 Å². The number of amides is 1. The third kappa shape index (κ3) is 3.24. The number of carbonyl (C=O) groups excluding carboxylic acids is 1. The fraction of sp³-hybridized carbons (Fsp3) is 0.800. The van der Waals surface area contributed by atoms with Crippen molar-refractivity contribution in [3.05, 3.63) is 17.5 Å². The second-order valence-corrected chi connectivity index (χ2v) is 11.7. The lowest BCUT2D eigenvalue weighted by Gasteiger charge is -2.52. The summed E-state index contributed by atoms with van der Waals surface area (Å²) in [6.07, 6.45) is 3.98. The van der Waals surface area contributed by atoms with Crippen molar-refractivity contribution in [3.63, 3.8) is 0 Å². The lowest BCUT2D eigenvalue weighted by Crippen LogP contribution is -2.65. The van der Waals surface area contributed by atoms with Gasteiger partial charge in [0.2, 0.25) is 0 Å². The minimum Gasteiger partial charge on any atom is -0.380 e. The molecule has 1 aromatic rings. The number of nitrogens with two attached hydrogens (primary N) is 1. The third-order valence-corrected chi connectivity index (χ3v) is 10.0. The smallest absolute Gasteiger partial charge is 0.282 e. The quantitative estimate of drug-likeness (QED) is 0.646. The van der Waals surface area contributed by atoms with Gasteiger partial charge < -0.3 is 20.3 Å². The van der Waals surface area contributed by atoms with E-state index in [9.17, 15) is 13.2 Å². The summed E-state index contributed by atoms with van der Waals surface area (Å²) in [6.45, 7) is 2.27. The van der Waals surface area contributed by atoms with Crippen molar-refractivity contribution in [3.8, 4) is 0 Å². The summed E-state index contributed by atoms with van der Waals surface area (Å²) in [5, 5.41) is 6.96. The molecule has 4 bridgehead atoms. The van der Waals surface area contributed by atoms with Gasteiger partial charge in [0, 0.05) is 43.3 Å². The molecule has 3 N–H and O–H groups in total. The number of nitrogens with zero attached hydrogens (tertiary/aromatic N) is 3. The summed E-state index contributed by atoms with van der Waals surface area (Å²) in [6, 6.07) is 1.63. The summed E-state index contributed by atoms with van der Waals surface area (Å²) < 4.78 is 40.7. The van der Waals surface area contributed by atoms with Crippen LogP contribution >= 0.6 is 0 Å². The van der Waals surface area contributed by atoms with Gasteiger partial charge in [0.05, 0.1) is 19.1 Å². The van der Waals surface area contributed by atoms with Crippen LogP contribution in [0.1, 0.15) is 54.3 Å². The molecule has 170 valence electrons. The highest BCUT2D eigenvalue weighted by Gasteiger charge is 2.53. The maximum Gasteiger partial charge on any atom is 0.282 e. The van der Waals surface area contributed by atoms with E-state index in [-0.39, 0.29) is 41.7 Å². The predicted molar refractivity (Wildman–Crippen MR) is 109 cm³/mol. The fourth-order valence-electron chi connectivity index (χ4n) is 6.08. The van der Waals surface area contributed by atoms with Crippen LogP contribution in [0, 0.1) is 11.8 Å². The largest absolute Gasteiger partial charge is 0.380 e. The molecule has 6 fully saturated rings. The van der Waals surface area contributed by atoms with Crippen molar-refractivity contribution in [2.24, 2.45) is 17.6 Å². The summed E-state index contributed by atoms with van der Waals surface area (Å²) in [7, 11) is -3.49. The highest BCUT2D eigenvalue weighted by Crippen LogP contribution is 2.43. The number of ether oxygens (including phenoxy) is 1. The normalized spacial score (nSPS) is 38.5. The van der Waals surface area contributed by atoms with Gasteiger partial charge in [-0.3, -0.25) is 4.79 Å². The van der Waals surface area contributed by atoms with E-state index in [1.807, 2.05) is 0 Å². The molecule has 5 aliphatic heterocycles. The Labute approximate surface area is 181 Å². The Morgan fingerprint density at radius 3 is 2.39 bits per heavy atom. The molecule has 7 rings (SSSR count). The first-order valence-electron chi connectivity index (χ1n) is 11.3. The Morgan fingerprint density at radius 1 is 1.13 bits per heavy atom. The van der Waals surface area contributed by atoms with Crippen molar-refractivity contribution in [1.82, 2.24) is 19.1 Å². The molecule has 3 unspecified atom stereocenters. The number of fused-ring (bicyclic) bond motifs is 4. The van der Waals surface area contributed by atoms with Crippen molar-refractivity contribution < 1.29 is 22.5 Å². The van der Waals surface area contributed by atoms with Gasteiger partial charge in [-0.05, 0) is 43.9 Å². The van der Waals surface area contributed by atoms with E-state index in [1.165, 1.54) is 0 Å². The average molecular weight is 452 g/mol. The third-order valence-electron chi connectivity index (χ3n) is 7.97. The molecule has 31 heavy (non-hydrogen) atoms. The Morgan fingerprint density at radius 2 is 1.81 bits per heavy atom. The van der Waals surface area contributed by atoms with Gasteiger partial charge >= 0.3 is 0 Å². The molecule has 1 saturated carbocycles. The van der Waals surface area contributed by atoms with Gasteiger partial charge in [-0.1, -0.05) is 5.16 Å². The first-order valence-corrected chi connectivity index (χ1v) is 12.7. The number of rotatable bonds is 5. The van der Waals surface area contributed by atoms with Crippen LogP contribution in [-0.4, -0.2) is 78.6 Å². The Balaban J connectivity index is 1.10. The molecule has 0 aromatic carbocycles. The van der Waals surface area contributed by atoms with Crippen LogP contribution in [0.5, 0.6) is 0 Å². The number of nitrogens with one attached hydrogen (secondary N) is 1. The van der Waals surface area contributed by atoms with Gasteiger partial charge in [-0.2, -0.15) is 17.0 Å². The Kier molecular flexibility index (Phi) is 4.70. The molecule has 0 radical (unpaired) electrons. The van der Waals surface area contributed by atoms with E-state index in [2.05, 4.69) is 10.5 Å². The molecule has 1 aliphatic carbocycles. The highest BCUT2D eigenvalue weighted by molar-refractivity contribution is 7.86. The fourth-order valence-corrected chi connectivity index (χ4v) is 8.24. The number of piperidine rings is 3. The second kappa shape index (κ2) is 7.24. The molecule has 6 aliphatic rings. The maximum absolute atomic E-state index is 13.4. The first kappa shape index (κ1) is 20.1. The van der Waals surface area contributed by atoms with Crippen LogP contribution in [0.25, 0.3) is 0 Å². The number of hydrogen-bond donors (Lipinski definition) is 2. The average Bonchev–Trinajstić information content (AvgIpc) is 3.30. The molecule has 11 heteroatoms. The minimum absolute atomic E-state index is 0.0631. The topological polar surface area (TPSA) is 131 Å². The van der Waals surface area contributed by atoms with Crippen molar-refractivity contribution in [2.75, 3.05) is 26.3 Å².